The van der Waals surface area contributed by atoms with Gasteiger partial charge >= 0.3 is 0 Å². The topological polar surface area (TPSA) is 30.0 Å². The van der Waals surface area contributed by atoms with Gasteiger partial charge in [0.15, 0.2) is 11.6 Å². The number of halogens is 2. The van der Waals surface area contributed by atoms with Crippen LogP contribution >= 0.6 is 0 Å². The van der Waals surface area contributed by atoms with Gasteiger partial charge in [-0.3, -0.25) is 9.78 Å². The first-order valence-corrected chi connectivity index (χ1v) is 4.99. The Hall–Kier alpha value is -2.10. The number of hydrogen-bond acceptors (Lipinski definition) is 2. The highest BCUT2D eigenvalue weighted by Crippen LogP contribution is 2.23. The van der Waals surface area contributed by atoms with E-state index < -0.39 is 11.6 Å². The van der Waals surface area contributed by atoms with E-state index in [1.165, 1.54) is 24.4 Å². The highest BCUT2D eigenvalue weighted by Gasteiger charge is 2.11. The van der Waals surface area contributed by atoms with Crippen molar-refractivity contribution in [2.75, 3.05) is 0 Å². The molecule has 0 amide bonds. The molecule has 0 aliphatic heterocycles. The fraction of sp³-hybridized carbons (Fsp3) is 0.0769. The van der Waals surface area contributed by atoms with E-state index in [0.717, 1.165) is 6.07 Å². The summed E-state index contributed by atoms with van der Waals surface area (Å²) in [5.41, 5.74) is 1.40. The zero-order valence-corrected chi connectivity index (χ0v) is 9.08. The van der Waals surface area contributed by atoms with Crippen molar-refractivity contribution < 1.29 is 13.6 Å². The SMILES string of the molecule is Cc1cnc(-c2cccc(F)c2F)cc1C=O. The molecule has 86 valence electrons. The van der Waals surface area contributed by atoms with E-state index in [1.807, 2.05) is 0 Å². The highest BCUT2D eigenvalue weighted by molar-refractivity contribution is 5.79. The number of aromatic nitrogens is 1. The van der Waals surface area contributed by atoms with Crippen molar-refractivity contribution in [3.8, 4) is 11.3 Å². The predicted molar refractivity (Wildman–Crippen MR) is 59.7 cm³/mol. The Kier molecular flexibility index (Phi) is 2.95. The second-order valence-electron chi connectivity index (χ2n) is 3.65. The van der Waals surface area contributed by atoms with E-state index in [2.05, 4.69) is 4.98 Å². The molecule has 2 rings (SSSR count). The van der Waals surface area contributed by atoms with Gasteiger partial charge in [-0.25, -0.2) is 8.78 Å². The standard InChI is InChI=1S/C13H9F2NO/c1-8-6-16-12(5-9(8)7-17)10-3-2-4-11(14)13(10)15/h2-7H,1H3. The average Bonchev–Trinajstić information content (AvgIpc) is 2.34. The van der Waals surface area contributed by atoms with Crippen molar-refractivity contribution >= 4 is 6.29 Å². The van der Waals surface area contributed by atoms with Gasteiger partial charge in [0.25, 0.3) is 0 Å². The molecule has 0 fully saturated rings. The maximum absolute atomic E-state index is 13.5. The van der Waals surface area contributed by atoms with Gasteiger partial charge in [-0.2, -0.15) is 0 Å². The Balaban J connectivity index is 2.61. The zero-order valence-electron chi connectivity index (χ0n) is 9.08. The molecular formula is C13H9F2NO. The number of hydrogen-bond donors (Lipinski definition) is 0. The zero-order chi connectivity index (χ0) is 12.4. The second-order valence-corrected chi connectivity index (χ2v) is 3.65. The lowest BCUT2D eigenvalue weighted by Crippen LogP contribution is -1.95. The number of aldehydes is 1. The second kappa shape index (κ2) is 4.41. The third kappa shape index (κ3) is 2.06. The number of pyridine rings is 1. The Morgan fingerprint density at radius 3 is 2.76 bits per heavy atom. The normalized spacial score (nSPS) is 10.3. The summed E-state index contributed by atoms with van der Waals surface area (Å²) < 4.78 is 26.6. The molecule has 0 saturated carbocycles. The molecule has 0 N–H and O–H groups in total. The molecule has 0 atom stereocenters. The predicted octanol–water partition coefficient (Wildman–Crippen LogP) is 3.15. The molecule has 4 heteroatoms. The largest absolute Gasteiger partial charge is 0.298 e. The van der Waals surface area contributed by atoms with Gasteiger partial charge in [-0.05, 0) is 30.7 Å². The lowest BCUT2D eigenvalue weighted by molar-refractivity contribution is 0.112. The Bertz CT molecular complexity index is 582. The van der Waals surface area contributed by atoms with Crippen LogP contribution in [0.15, 0.2) is 30.5 Å². The maximum Gasteiger partial charge on any atom is 0.168 e. The summed E-state index contributed by atoms with van der Waals surface area (Å²) in [6.45, 7) is 1.72. The van der Waals surface area contributed by atoms with Gasteiger partial charge in [-0.15, -0.1) is 0 Å². The van der Waals surface area contributed by atoms with Crippen molar-refractivity contribution in [1.29, 1.82) is 0 Å². The first-order chi connectivity index (χ1) is 8.13. The van der Waals surface area contributed by atoms with Crippen LogP contribution in [0.2, 0.25) is 0 Å². The van der Waals surface area contributed by atoms with Crippen molar-refractivity contribution in [2.45, 2.75) is 6.92 Å². The van der Waals surface area contributed by atoms with Crippen LogP contribution in [0.3, 0.4) is 0 Å². The summed E-state index contributed by atoms with van der Waals surface area (Å²) in [6, 6.07) is 5.30. The molecule has 0 bridgehead atoms. The smallest absolute Gasteiger partial charge is 0.168 e. The molecule has 0 spiro atoms. The van der Waals surface area contributed by atoms with E-state index >= 15 is 0 Å². The first kappa shape index (κ1) is 11.4. The van der Waals surface area contributed by atoms with Gasteiger partial charge in [0.05, 0.1) is 5.69 Å². The lowest BCUT2D eigenvalue weighted by Gasteiger charge is -2.05. The number of benzene rings is 1. The quantitative estimate of drug-likeness (QED) is 0.746. The summed E-state index contributed by atoms with van der Waals surface area (Å²) in [6.07, 6.45) is 2.13. The fourth-order valence-electron chi connectivity index (χ4n) is 1.52. The van der Waals surface area contributed by atoms with Crippen LogP contribution in [0.4, 0.5) is 8.78 Å². The third-order valence-corrected chi connectivity index (χ3v) is 2.50. The minimum Gasteiger partial charge on any atom is -0.298 e. The summed E-state index contributed by atoms with van der Waals surface area (Å²) in [5, 5.41) is 0. The number of carbonyl (C=O) groups excluding carboxylic acids is 1. The van der Waals surface area contributed by atoms with E-state index in [-0.39, 0.29) is 11.3 Å². The monoisotopic (exact) mass is 233 g/mol. The number of aryl methyl sites for hydroxylation is 1. The Morgan fingerprint density at radius 1 is 1.29 bits per heavy atom. The molecule has 1 aromatic carbocycles. The minimum atomic E-state index is -0.958. The van der Waals surface area contributed by atoms with Crippen LogP contribution in [0, 0.1) is 18.6 Å². The summed E-state index contributed by atoms with van der Waals surface area (Å²) >= 11 is 0. The number of nitrogens with zero attached hydrogens (tertiary/aromatic N) is 1. The van der Waals surface area contributed by atoms with Crippen molar-refractivity contribution in [3.63, 3.8) is 0 Å². The maximum atomic E-state index is 13.5. The van der Waals surface area contributed by atoms with Crippen LogP contribution in [-0.4, -0.2) is 11.3 Å². The number of carbonyl (C=O) groups is 1. The van der Waals surface area contributed by atoms with Gasteiger partial charge < -0.3 is 0 Å². The molecule has 2 nitrogen and oxygen atoms in total. The van der Waals surface area contributed by atoms with Crippen LogP contribution < -0.4 is 0 Å². The summed E-state index contributed by atoms with van der Waals surface area (Å²) in [4.78, 5) is 14.8. The minimum absolute atomic E-state index is 0.0492. The Labute approximate surface area is 96.9 Å². The van der Waals surface area contributed by atoms with Gasteiger partial charge in [0.1, 0.15) is 6.29 Å². The van der Waals surface area contributed by atoms with E-state index in [0.29, 0.717) is 17.4 Å². The molecule has 2 aromatic rings. The van der Waals surface area contributed by atoms with Crippen molar-refractivity contribution in [2.24, 2.45) is 0 Å². The molecule has 0 aliphatic rings. The average molecular weight is 233 g/mol. The first-order valence-electron chi connectivity index (χ1n) is 4.99. The Morgan fingerprint density at radius 2 is 2.06 bits per heavy atom. The molecular weight excluding hydrogens is 224 g/mol. The molecule has 0 saturated heterocycles. The van der Waals surface area contributed by atoms with Gasteiger partial charge in [0, 0.05) is 17.3 Å². The fourth-order valence-corrected chi connectivity index (χ4v) is 1.52. The molecule has 1 heterocycles. The molecule has 0 unspecified atom stereocenters. The van der Waals surface area contributed by atoms with Crippen molar-refractivity contribution in [1.82, 2.24) is 4.98 Å². The van der Waals surface area contributed by atoms with E-state index in [1.54, 1.807) is 6.92 Å². The van der Waals surface area contributed by atoms with Crippen molar-refractivity contribution in [3.05, 3.63) is 53.2 Å². The molecule has 0 radical (unpaired) electrons. The van der Waals surface area contributed by atoms with Gasteiger partial charge in [0.2, 0.25) is 0 Å². The van der Waals surface area contributed by atoms with E-state index in [4.69, 9.17) is 0 Å². The van der Waals surface area contributed by atoms with Crippen LogP contribution in [0.1, 0.15) is 15.9 Å². The van der Waals surface area contributed by atoms with Gasteiger partial charge in [-0.1, -0.05) is 6.07 Å². The molecule has 1 aromatic heterocycles. The molecule has 0 aliphatic carbocycles. The van der Waals surface area contributed by atoms with Crippen LogP contribution in [0.25, 0.3) is 11.3 Å². The summed E-state index contributed by atoms with van der Waals surface area (Å²) in [5.74, 6) is -1.89. The number of rotatable bonds is 2. The van der Waals surface area contributed by atoms with Crippen LogP contribution in [0.5, 0.6) is 0 Å². The summed E-state index contributed by atoms with van der Waals surface area (Å²) in [7, 11) is 0. The van der Waals surface area contributed by atoms with Crippen LogP contribution in [-0.2, 0) is 0 Å². The van der Waals surface area contributed by atoms with E-state index in [9.17, 15) is 13.6 Å². The molecule has 17 heavy (non-hydrogen) atoms. The lowest BCUT2D eigenvalue weighted by atomic mass is 10.1. The third-order valence-electron chi connectivity index (χ3n) is 2.50. The highest BCUT2D eigenvalue weighted by atomic mass is 19.2.